The van der Waals surface area contributed by atoms with Gasteiger partial charge in [-0.05, 0) is 0 Å². The van der Waals surface area contributed by atoms with Crippen molar-refractivity contribution < 1.29 is 9.21 Å². The Morgan fingerprint density at radius 2 is 2.19 bits per heavy atom. The fourth-order valence-electron chi connectivity index (χ4n) is 2.76. The zero-order chi connectivity index (χ0) is 15.0. The Bertz CT molecular complexity index is 526. The lowest BCUT2D eigenvalue weighted by atomic mass is 9.97. The van der Waals surface area contributed by atoms with E-state index in [1.165, 1.54) is 0 Å². The molecule has 0 radical (unpaired) electrons. The first-order valence-corrected chi connectivity index (χ1v) is 7.67. The van der Waals surface area contributed by atoms with Crippen LogP contribution in [0.5, 0.6) is 0 Å². The molecular formula is C15H24N4O2. The minimum absolute atomic E-state index is 0.0962. The van der Waals surface area contributed by atoms with Crippen LogP contribution in [0.2, 0.25) is 0 Å². The second-order valence-corrected chi connectivity index (χ2v) is 6.86. The van der Waals surface area contributed by atoms with Gasteiger partial charge >= 0.3 is 0 Å². The third-order valence-corrected chi connectivity index (χ3v) is 4.02. The summed E-state index contributed by atoms with van der Waals surface area (Å²) in [6, 6.07) is -0.116. The summed E-state index contributed by atoms with van der Waals surface area (Å²) in [7, 11) is 0. The minimum atomic E-state index is -0.116. The number of nitrogens with zero attached hydrogens (tertiary/aromatic N) is 2. The molecule has 0 spiro atoms. The van der Waals surface area contributed by atoms with Crippen molar-refractivity contribution >= 4 is 5.91 Å². The van der Waals surface area contributed by atoms with Crippen LogP contribution in [0.25, 0.3) is 0 Å². The van der Waals surface area contributed by atoms with Crippen molar-refractivity contribution in [2.45, 2.75) is 45.2 Å². The first-order valence-electron chi connectivity index (χ1n) is 7.67. The molecule has 0 aromatic carbocycles. The van der Waals surface area contributed by atoms with E-state index in [2.05, 4.69) is 36.4 Å². The number of nitrogens with one attached hydrogen (secondary N) is 2. The number of oxazole rings is 1. The van der Waals surface area contributed by atoms with Gasteiger partial charge in [-0.2, -0.15) is 0 Å². The van der Waals surface area contributed by atoms with Crippen LogP contribution in [-0.4, -0.2) is 48.0 Å². The Morgan fingerprint density at radius 1 is 1.38 bits per heavy atom. The number of hydrogen-bond donors (Lipinski definition) is 2. The van der Waals surface area contributed by atoms with Crippen molar-refractivity contribution in [3.63, 3.8) is 0 Å². The molecule has 1 aromatic heterocycles. The lowest BCUT2D eigenvalue weighted by Gasteiger charge is -2.31. The monoisotopic (exact) mass is 292 g/mol. The van der Waals surface area contributed by atoms with Crippen molar-refractivity contribution in [2.75, 3.05) is 26.2 Å². The number of carbonyl (C=O) groups is 1. The second-order valence-electron chi connectivity index (χ2n) is 6.86. The molecule has 1 atom stereocenters. The normalized spacial score (nSPS) is 23.0. The molecule has 21 heavy (non-hydrogen) atoms. The SMILES string of the molecule is CC(C)(C)c1nc2c(o1)CCN(C(=O)[C@@H]1CNCCN1)C2. The zero-order valence-electron chi connectivity index (χ0n) is 13.0. The summed E-state index contributed by atoms with van der Waals surface area (Å²) in [5.41, 5.74) is 0.824. The molecule has 6 heteroatoms. The van der Waals surface area contributed by atoms with Crippen LogP contribution in [0.15, 0.2) is 4.42 Å². The van der Waals surface area contributed by atoms with E-state index in [-0.39, 0.29) is 17.4 Å². The van der Waals surface area contributed by atoms with Crippen LogP contribution in [0.1, 0.15) is 38.1 Å². The Balaban J connectivity index is 1.72. The van der Waals surface area contributed by atoms with Gasteiger partial charge in [0.05, 0.1) is 12.6 Å². The third kappa shape index (κ3) is 2.96. The summed E-state index contributed by atoms with van der Waals surface area (Å²) in [6.45, 7) is 10.0. The zero-order valence-corrected chi connectivity index (χ0v) is 13.0. The van der Waals surface area contributed by atoms with Gasteiger partial charge in [0.15, 0.2) is 5.89 Å². The van der Waals surface area contributed by atoms with Crippen molar-refractivity contribution in [2.24, 2.45) is 0 Å². The molecule has 0 bridgehead atoms. The predicted molar refractivity (Wildman–Crippen MR) is 79.0 cm³/mol. The summed E-state index contributed by atoms with van der Waals surface area (Å²) < 4.78 is 5.87. The molecule has 1 aromatic rings. The molecule has 2 N–H and O–H groups in total. The summed E-state index contributed by atoms with van der Waals surface area (Å²) in [6.07, 6.45) is 0.754. The number of carbonyl (C=O) groups excluding carboxylic acids is 1. The van der Waals surface area contributed by atoms with Gasteiger partial charge in [0, 0.05) is 38.0 Å². The standard InChI is InChI=1S/C15H24N4O2/c1-15(2,3)14-18-11-9-19(7-4-12(11)21-14)13(20)10-8-16-5-6-17-10/h10,16-17H,4-9H2,1-3H3/t10-/m0/s1. The van der Waals surface area contributed by atoms with E-state index < -0.39 is 0 Å². The van der Waals surface area contributed by atoms with Crippen molar-refractivity contribution in [1.82, 2.24) is 20.5 Å². The van der Waals surface area contributed by atoms with Crippen molar-refractivity contribution in [1.29, 1.82) is 0 Å². The molecule has 3 heterocycles. The average molecular weight is 292 g/mol. The Labute approximate surface area is 125 Å². The van der Waals surface area contributed by atoms with E-state index in [0.29, 0.717) is 19.6 Å². The van der Waals surface area contributed by atoms with Crippen LogP contribution in [0.3, 0.4) is 0 Å². The second kappa shape index (κ2) is 5.42. The van der Waals surface area contributed by atoms with Crippen LogP contribution < -0.4 is 10.6 Å². The van der Waals surface area contributed by atoms with E-state index in [9.17, 15) is 4.79 Å². The van der Waals surface area contributed by atoms with Gasteiger partial charge in [0.25, 0.3) is 0 Å². The highest BCUT2D eigenvalue weighted by atomic mass is 16.4. The molecule has 0 unspecified atom stereocenters. The molecule has 2 aliphatic rings. The first-order chi connectivity index (χ1) is 9.95. The Hall–Kier alpha value is -1.40. The lowest BCUT2D eigenvalue weighted by Crippen LogP contribution is -2.57. The van der Waals surface area contributed by atoms with E-state index in [4.69, 9.17) is 4.42 Å². The van der Waals surface area contributed by atoms with Gasteiger partial charge in [0.2, 0.25) is 5.91 Å². The maximum absolute atomic E-state index is 12.5. The number of piperazine rings is 1. The molecule has 0 aliphatic carbocycles. The number of amides is 1. The maximum Gasteiger partial charge on any atom is 0.241 e. The number of hydrogen-bond acceptors (Lipinski definition) is 5. The molecule has 6 nitrogen and oxygen atoms in total. The molecule has 1 amide bonds. The van der Waals surface area contributed by atoms with E-state index in [1.54, 1.807) is 0 Å². The van der Waals surface area contributed by atoms with E-state index >= 15 is 0 Å². The topological polar surface area (TPSA) is 70.4 Å². The average Bonchev–Trinajstić information content (AvgIpc) is 2.90. The quantitative estimate of drug-likeness (QED) is 0.785. The molecular weight excluding hydrogens is 268 g/mol. The summed E-state index contributed by atoms with van der Waals surface area (Å²) >= 11 is 0. The summed E-state index contributed by atoms with van der Waals surface area (Å²) in [4.78, 5) is 19.0. The fourth-order valence-corrected chi connectivity index (χ4v) is 2.76. The predicted octanol–water partition coefficient (Wildman–Crippen LogP) is 0.418. The number of aromatic nitrogens is 1. The van der Waals surface area contributed by atoms with Gasteiger partial charge < -0.3 is 20.0 Å². The smallest absolute Gasteiger partial charge is 0.241 e. The molecule has 3 rings (SSSR count). The molecule has 116 valence electrons. The molecule has 1 fully saturated rings. The maximum atomic E-state index is 12.5. The Kier molecular flexibility index (Phi) is 3.75. The molecule has 1 saturated heterocycles. The van der Waals surface area contributed by atoms with Gasteiger partial charge in [0.1, 0.15) is 11.5 Å². The van der Waals surface area contributed by atoms with E-state index in [1.807, 2.05) is 4.90 Å². The van der Waals surface area contributed by atoms with Gasteiger partial charge in [-0.15, -0.1) is 0 Å². The van der Waals surface area contributed by atoms with Crippen LogP contribution >= 0.6 is 0 Å². The summed E-state index contributed by atoms with van der Waals surface area (Å²) in [5.74, 6) is 1.87. The largest absolute Gasteiger partial charge is 0.445 e. The third-order valence-electron chi connectivity index (χ3n) is 4.02. The van der Waals surface area contributed by atoms with Gasteiger partial charge in [-0.1, -0.05) is 20.8 Å². The van der Waals surface area contributed by atoms with Gasteiger partial charge in [-0.3, -0.25) is 4.79 Å². The minimum Gasteiger partial charge on any atom is -0.445 e. The van der Waals surface area contributed by atoms with Crippen molar-refractivity contribution in [3.8, 4) is 0 Å². The molecule has 2 aliphatic heterocycles. The Morgan fingerprint density at radius 3 is 2.86 bits per heavy atom. The van der Waals surface area contributed by atoms with Crippen molar-refractivity contribution in [3.05, 3.63) is 17.3 Å². The lowest BCUT2D eigenvalue weighted by molar-refractivity contribution is -0.134. The first kappa shape index (κ1) is 14.5. The number of rotatable bonds is 1. The fraction of sp³-hybridized carbons (Fsp3) is 0.733. The van der Waals surface area contributed by atoms with Crippen LogP contribution in [0, 0.1) is 0 Å². The van der Waals surface area contributed by atoms with Crippen LogP contribution in [0.4, 0.5) is 0 Å². The highest BCUT2D eigenvalue weighted by molar-refractivity contribution is 5.82. The molecule has 0 saturated carbocycles. The van der Waals surface area contributed by atoms with E-state index in [0.717, 1.165) is 36.9 Å². The summed E-state index contributed by atoms with van der Waals surface area (Å²) in [5, 5.41) is 6.53. The van der Waals surface area contributed by atoms with Gasteiger partial charge in [-0.25, -0.2) is 4.98 Å². The highest BCUT2D eigenvalue weighted by Crippen LogP contribution is 2.27. The van der Waals surface area contributed by atoms with Crippen LogP contribution in [-0.2, 0) is 23.2 Å². The number of fused-ring (bicyclic) bond motifs is 1. The highest BCUT2D eigenvalue weighted by Gasteiger charge is 2.32.